The van der Waals surface area contributed by atoms with Gasteiger partial charge in [0, 0.05) is 11.5 Å². The smallest absolute Gasteiger partial charge is 0.234 e. The Morgan fingerprint density at radius 3 is 2.68 bits per heavy atom. The van der Waals surface area contributed by atoms with Gasteiger partial charge in [-0.25, -0.2) is 0 Å². The number of aromatic nitrogens is 4. The van der Waals surface area contributed by atoms with E-state index in [1.54, 1.807) is 17.9 Å². The number of hydrogen-bond acceptors (Lipinski definition) is 4. The second-order valence-electron chi connectivity index (χ2n) is 3.86. The van der Waals surface area contributed by atoms with Crippen molar-refractivity contribution in [1.82, 2.24) is 19.7 Å². The molecule has 3 aromatic rings. The molecule has 0 saturated heterocycles. The van der Waals surface area contributed by atoms with Crippen molar-refractivity contribution in [3.63, 3.8) is 0 Å². The molecule has 0 unspecified atom stereocenters. The summed E-state index contributed by atoms with van der Waals surface area (Å²) in [5.74, 6) is 1.06. The second kappa shape index (κ2) is 4.79. The zero-order valence-corrected chi connectivity index (χ0v) is 12.2. The molecule has 0 amide bonds. The van der Waals surface area contributed by atoms with E-state index in [2.05, 4.69) is 31.0 Å². The Bertz CT molecular complexity index is 741. The van der Waals surface area contributed by atoms with Crippen LogP contribution in [-0.2, 0) is 7.05 Å². The van der Waals surface area contributed by atoms with Crippen molar-refractivity contribution in [1.29, 1.82) is 0 Å². The highest BCUT2D eigenvalue weighted by atomic mass is 79.9. The first kappa shape index (κ1) is 12.4. The minimum absolute atomic E-state index is 0.128. The van der Waals surface area contributed by atoms with Gasteiger partial charge in [-0.2, -0.15) is 15.1 Å². The maximum Gasteiger partial charge on any atom is 0.234 e. The summed E-state index contributed by atoms with van der Waals surface area (Å²) in [4.78, 5) is 8.22. The monoisotopic (exact) mass is 338 g/mol. The molecular weight excluding hydrogens is 332 g/mol. The predicted octanol–water partition coefficient (Wildman–Crippen LogP) is 3.57. The number of nitrogens with zero attached hydrogens (tertiary/aromatic N) is 4. The Morgan fingerprint density at radius 2 is 1.95 bits per heavy atom. The van der Waals surface area contributed by atoms with Crippen LogP contribution < -0.4 is 4.74 Å². The molecule has 2 heterocycles. The summed E-state index contributed by atoms with van der Waals surface area (Å²) in [7, 11) is 1.79. The number of aryl methyl sites for hydroxylation is 1. The summed E-state index contributed by atoms with van der Waals surface area (Å²) in [6.45, 7) is 0. The highest BCUT2D eigenvalue weighted by Crippen LogP contribution is 2.28. The van der Waals surface area contributed by atoms with Gasteiger partial charge in [0.25, 0.3) is 0 Å². The fraction of sp³-hybridized carbons (Fsp3) is 0.0833. The van der Waals surface area contributed by atoms with E-state index in [1.165, 1.54) is 0 Å². The molecular formula is C12H8BrClN4O. The van der Waals surface area contributed by atoms with Crippen molar-refractivity contribution >= 4 is 38.6 Å². The van der Waals surface area contributed by atoms with Crippen LogP contribution >= 0.6 is 27.5 Å². The quantitative estimate of drug-likeness (QED) is 0.670. The van der Waals surface area contributed by atoms with Crippen LogP contribution in [0, 0.1) is 0 Å². The molecule has 0 atom stereocenters. The third-order valence-corrected chi connectivity index (χ3v) is 3.26. The normalized spacial score (nSPS) is 10.9. The van der Waals surface area contributed by atoms with E-state index in [9.17, 15) is 0 Å². The number of ether oxygens (including phenoxy) is 1. The Hall–Kier alpha value is -1.66. The first-order valence-corrected chi connectivity index (χ1v) is 6.59. The summed E-state index contributed by atoms with van der Waals surface area (Å²) in [6.07, 6.45) is 1.65. The van der Waals surface area contributed by atoms with Crippen molar-refractivity contribution in [2.45, 2.75) is 0 Å². The average molecular weight is 340 g/mol. The molecule has 96 valence electrons. The predicted molar refractivity (Wildman–Crippen MR) is 75.5 cm³/mol. The van der Waals surface area contributed by atoms with Gasteiger partial charge in [-0.15, -0.1) is 0 Å². The zero-order chi connectivity index (χ0) is 13.4. The number of fused-ring (bicyclic) bond motifs is 1. The van der Waals surface area contributed by atoms with Gasteiger partial charge in [0.1, 0.15) is 11.1 Å². The molecule has 0 spiro atoms. The first-order chi connectivity index (χ1) is 9.13. The molecule has 1 aromatic carbocycles. The topological polar surface area (TPSA) is 52.8 Å². The van der Waals surface area contributed by atoms with E-state index in [0.717, 1.165) is 9.86 Å². The van der Waals surface area contributed by atoms with Crippen LogP contribution in [0.15, 0.2) is 34.9 Å². The van der Waals surface area contributed by atoms with Crippen LogP contribution in [0.4, 0.5) is 0 Å². The van der Waals surface area contributed by atoms with Crippen molar-refractivity contribution in [2.75, 3.05) is 0 Å². The van der Waals surface area contributed by atoms with Gasteiger partial charge in [0.15, 0.2) is 5.65 Å². The zero-order valence-electron chi connectivity index (χ0n) is 9.84. The van der Waals surface area contributed by atoms with Crippen molar-refractivity contribution in [3.8, 4) is 11.6 Å². The number of rotatable bonds is 2. The SMILES string of the molecule is Cn1ncc2c(Oc3ccc(Br)cc3)nc(Cl)nc21. The molecule has 3 rings (SSSR count). The molecule has 0 bridgehead atoms. The third-order valence-electron chi connectivity index (χ3n) is 2.56. The van der Waals surface area contributed by atoms with Gasteiger partial charge >= 0.3 is 0 Å². The van der Waals surface area contributed by atoms with Crippen LogP contribution in [0.2, 0.25) is 5.28 Å². The van der Waals surface area contributed by atoms with E-state index < -0.39 is 0 Å². The largest absolute Gasteiger partial charge is 0.438 e. The molecule has 0 aliphatic heterocycles. The maximum atomic E-state index is 5.89. The minimum atomic E-state index is 0.128. The highest BCUT2D eigenvalue weighted by molar-refractivity contribution is 9.10. The molecule has 0 fully saturated rings. The molecule has 2 aromatic heterocycles. The lowest BCUT2D eigenvalue weighted by Crippen LogP contribution is -1.95. The molecule has 0 N–H and O–H groups in total. The lowest BCUT2D eigenvalue weighted by atomic mass is 10.3. The van der Waals surface area contributed by atoms with Crippen LogP contribution in [-0.4, -0.2) is 19.7 Å². The number of hydrogen-bond donors (Lipinski definition) is 0. The fourth-order valence-corrected chi connectivity index (χ4v) is 2.08. The highest BCUT2D eigenvalue weighted by Gasteiger charge is 2.12. The molecule has 7 heteroatoms. The van der Waals surface area contributed by atoms with Gasteiger partial charge in [0.05, 0.1) is 6.20 Å². The molecule has 0 aliphatic rings. The summed E-state index contributed by atoms with van der Waals surface area (Å²) < 4.78 is 8.33. The lowest BCUT2D eigenvalue weighted by molar-refractivity contribution is 0.468. The summed E-state index contributed by atoms with van der Waals surface area (Å²) >= 11 is 9.26. The van der Waals surface area contributed by atoms with E-state index in [1.807, 2.05) is 24.3 Å². The summed E-state index contributed by atoms with van der Waals surface area (Å²) in [5.41, 5.74) is 0.632. The summed E-state index contributed by atoms with van der Waals surface area (Å²) in [5, 5.41) is 4.97. The lowest BCUT2D eigenvalue weighted by Gasteiger charge is -2.06. The molecule has 19 heavy (non-hydrogen) atoms. The van der Waals surface area contributed by atoms with E-state index >= 15 is 0 Å². The Morgan fingerprint density at radius 1 is 1.21 bits per heavy atom. The third kappa shape index (κ3) is 2.41. The van der Waals surface area contributed by atoms with Crippen molar-refractivity contribution in [2.24, 2.45) is 7.05 Å². The van der Waals surface area contributed by atoms with Gasteiger partial charge in [-0.3, -0.25) is 4.68 Å². The van der Waals surface area contributed by atoms with Gasteiger partial charge in [-0.05, 0) is 35.9 Å². The average Bonchev–Trinajstić information content (AvgIpc) is 2.74. The molecule has 0 radical (unpaired) electrons. The number of halogens is 2. The van der Waals surface area contributed by atoms with E-state index in [-0.39, 0.29) is 5.28 Å². The molecule has 0 aliphatic carbocycles. The van der Waals surface area contributed by atoms with E-state index in [0.29, 0.717) is 17.3 Å². The molecule has 0 saturated carbocycles. The van der Waals surface area contributed by atoms with Crippen LogP contribution in [0.5, 0.6) is 11.6 Å². The van der Waals surface area contributed by atoms with E-state index in [4.69, 9.17) is 16.3 Å². The maximum absolute atomic E-state index is 5.89. The minimum Gasteiger partial charge on any atom is -0.438 e. The second-order valence-corrected chi connectivity index (χ2v) is 5.11. The van der Waals surface area contributed by atoms with Gasteiger partial charge in [-0.1, -0.05) is 15.9 Å². The number of benzene rings is 1. The van der Waals surface area contributed by atoms with Gasteiger partial charge in [0.2, 0.25) is 11.2 Å². The van der Waals surface area contributed by atoms with Crippen molar-refractivity contribution < 1.29 is 4.74 Å². The van der Waals surface area contributed by atoms with Crippen molar-refractivity contribution in [3.05, 3.63) is 40.2 Å². The Kier molecular flexibility index (Phi) is 3.12. The fourth-order valence-electron chi connectivity index (χ4n) is 1.66. The Balaban J connectivity index is 2.07. The van der Waals surface area contributed by atoms with Crippen LogP contribution in [0.3, 0.4) is 0 Å². The molecule has 5 nitrogen and oxygen atoms in total. The Labute approximate surface area is 122 Å². The van der Waals surface area contributed by atoms with Crippen LogP contribution in [0.25, 0.3) is 11.0 Å². The standard InChI is InChI=1S/C12H8BrClN4O/c1-18-10-9(6-15-18)11(17-12(14)16-10)19-8-4-2-7(13)3-5-8/h2-6H,1H3. The van der Waals surface area contributed by atoms with Crippen LogP contribution in [0.1, 0.15) is 0 Å². The van der Waals surface area contributed by atoms with Gasteiger partial charge < -0.3 is 4.74 Å². The first-order valence-electron chi connectivity index (χ1n) is 5.42. The summed E-state index contributed by atoms with van der Waals surface area (Å²) in [6, 6.07) is 7.45.